The van der Waals surface area contributed by atoms with Gasteiger partial charge in [0.1, 0.15) is 11.8 Å². The number of aromatic nitrogens is 4. The second kappa shape index (κ2) is 11.2. The third kappa shape index (κ3) is 7.45. The molecular formula is C21H39N6+. The summed E-state index contributed by atoms with van der Waals surface area (Å²) in [5.74, 6) is 0.456. The molecule has 2 heterocycles. The quantitative estimate of drug-likeness (QED) is 0.392. The van der Waals surface area contributed by atoms with Gasteiger partial charge in [0.15, 0.2) is 11.5 Å². The molecule has 0 aliphatic rings. The van der Waals surface area contributed by atoms with Gasteiger partial charge < -0.3 is 14.8 Å². The summed E-state index contributed by atoms with van der Waals surface area (Å²) >= 11 is 0. The minimum absolute atomic E-state index is 0.456. The zero-order chi connectivity index (χ0) is 19.5. The molecule has 0 saturated carbocycles. The molecule has 152 valence electrons. The summed E-state index contributed by atoms with van der Waals surface area (Å²) in [6, 6.07) is 0. The number of rotatable bonds is 14. The maximum Gasteiger partial charge on any atom is 0.165 e. The third-order valence-corrected chi connectivity index (χ3v) is 5.49. The minimum atomic E-state index is 0.456. The Labute approximate surface area is 164 Å². The molecule has 6 nitrogen and oxygen atoms in total. The summed E-state index contributed by atoms with van der Waals surface area (Å²) in [7, 11) is 4.63. The number of unbranched alkanes of at least 4 members (excludes halogenated alkanes) is 9. The van der Waals surface area contributed by atoms with Crippen LogP contribution in [-0.2, 0) is 6.54 Å². The molecule has 2 aromatic rings. The van der Waals surface area contributed by atoms with Crippen molar-refractivity contribution in [3.8, 4) is 0 Å². The largest absolute Gasteiger partial charge is 0.382 e. The third-order valence-electron chi connectivity index (χ3n) is 5.49. The Hall–Kier alpha value is -1.69. The topological polar surface area (TPSA) is 69.6 Å². The summed E-state index contributed by atoms with van der Waals surface area (Å²) in [4.78, 5) is 12.7. The highest BCUT2D eigenvalue weighted by atomic mass is 15.3. The van der Waals surface area contributed by atoms with Gasteiger partial charge in [0.05, 0.1) is 40.1 Å². The SMILES string of the molecule is CCCCCCCCCCCC[N+](C)(C)CCn1cnc2c(N)ncnc21. The Balaban J connectivity index is 1.60. The molecule has 0 aliphatic carbocycles. The van der Waals surface area contributed by atoms with Gasteiger partial charge in [0.25, 0.3) is 0 Å². The Bertz CT molecular complexity index is 664. The van der Waals surface area contributed by atoms with Crippen LogP contribution in [0.1, 0.15) is 71.1 Å². The van der Waals surface area contributed by atoms with Crippen molar-refractivity contribution in [1.82, 2.24) is 19.5 Å². The van der Waals surface area contributed by atoms with Gasteiger partial charge in [-0.05, 0) is 12.8 Å². The number of hydrogen-bond acceptors (Lipinski definition) is 4. The first-order chi connectivity index (χ1) is 13.0. The van der Waals surface area contributed by atoms with E-state index < -0.39 is 0 Å². The lowest BCUT2D eigenvalue weighted by atomic mass is 10.1. The van der Waals surface area contributed by atoms with Crippen LogP contribution in [0.15, 0.2) is 12.7 Å². The molecule has 0 unspecified atom stereocenters. The molecule has 2 rings (SSSR count). The first kappa shape index (κ1) is 21.6. The van der Waals surface area contributed by atoms with Gasteiger partial charge in [-0.25, -0.2) is 15.0 Å². The highest BCUT2D eigenvalue weighted by molar-refractivity contribution is 5.80. The second-order valence-corrected chi connectivity index (χ2v) is 8.43. The molecule has 2 aromatic heterocycles. The highest BCUT2D eigenvalue weighted by Gasteiger charge is 2.16. The molecule has 0 radical (unpaired) electrons. The predicted molar refractivity (Wildman–Crippen MR) is 113 cm³/mol. The van der Waals surface area contributed by atoms with Crippen molar-refractivity contribution < 1.29 is 4.48 Å². The number of imidazole rings is 1. The molecule has 0 atom stereocenters. The van der Waals surface area contributed by atoms with Gasteiger partial charge in [0, 0.05) is 0 Å². The van der Waals surface area contributed by atoms with Gasteiger partial charge in [0.2, 0.25) is 0 Å². The monoisotopic (exact) mass is 375 g/mol. The van der Waals surface area contributed by atoms with E-state index in [0.717, 1.165) is 23.2 Å². The lowest BCUT2D eigenvalue weighted by molar-refractivity contribution is -0.891. The zero-order valence-electron chi connectivity index (χ0n) is 17.7. The number of nitrogen functional groups attached to an aromatic ring is 1. The molecule has 0 fully saturated rings. The fraction of sp³-hybridized carbons (Fsp3) is 0.762. The summed E-state index contributed by atoms with van der Waals surface area (Å²) in [5, 5.41) is 0. The summed E-state index contributed by atoms with van der Waals surface area (Å²) in [6.45, 7) is 5.46. The van der Waals surface area contributed by atoms with E-state index in [9.17, 15) is 0 Å². The Morgan fingerprint density at radius 3 is 2.15 bits per heavy atom. The van der Waals surface area contributed by atoms with E-state index in [4.69, 9.17) is 5.73 Å². The van der Waals surface area contributed by atoms with E-state index in [-0.39, 0.29) is 0 Å². The van der Waals surface area contributed by atoms with Crippen molar-refractivity contribution in [2.75, 3.05) is 32.9 Å². The van der Waals surface area contributed by atoms with Gasteiger partial charge in [-0.15, -0.1) is 0 Å². The van der Waals surface area contributed by atoms with Crippen LogP contribution < -0.4 is 5.73 Å². The van der Waals surface area contributed by atoms with Crippen molar-refractivity contribution in [3.63, 3.8) is 0 Å². The van der Waals surface area contributed by atoms with Crippen LogP contribution in [0.25, 0.3) is 11.2 Å². The van der Waals surface area contributed by atoms with Crippen molar-refractivity contribution in [2.24, 2.45) is 0 Å². The van der Waals surface area contributed by atoms with E-state index in [1.54, 1.807) is 0 Å². The number of likely N-dealkylation sites (N-methyl/N-ethyl adjacent to an activating group) is 1. The Kier molecular flexibility index (Phi) is 8.98. The summed E-state index contributed by atoms with van der Waals surface area (Å²) in [5.41, 5.74) is 7.41. The van der Waals surface area contributed by atoms with Crippen LogP contribution in [0.4, 0.5) is 5.82 Å². The van der Waals surface area contributed by atoms with E-state index >= 15 is 0 Å². The lowest BCUT2D eigenvalue weighted by Gasteiger charge is -2.30. The van der Waals surface area contributed by atoms with E-state index in [0.29, 0.717) is 11.3 Å². The standard InChI is InChI=1S/C21H39N6/c1-4-5-6-7-8-9-10-11-12-13-15-27(2,3)16-14-26-18-25-19-20(22)23-17-24-21(19)26/h17-18H,4-16H2,1-3H3,(H2,22,23,24)/q+1. The van der Waals surface area contributed by atoms with Gasteiger partial charge in [-0.3, -0.25) is 0 Å². The summed E-state index contributed by atoms with van der Waals surface area (Å²) in [6.07, 6.45) is 17.2. The van der Waals surface area contributed by atoms with Crippen molar-refractivity contribution in [1.29, 1.82) is 0 Å². The average molecular weight is 376 g/mol. The molecule has 6 heteroatoms. The van der Waals surface area contributed by atoms with Crippen LogP contribution in [0.2, 0.25) is 0 Å². The molecule has 0 spiro atoms. The molecular weight excluding hydrogens is 336 g/mol. The molecule has 0 aromatic carbocycles. The minimum Gasteiger partial charge on any atom is -0.382 e. The summed E-state index contributed by atoms with van der Waals surface area (Å²) < 4.78 is 3.11. The average Bonchev–Trinajstić information content (AvgIpc) is 3.06. The second-order valence-electron chi connectivity index (χ2n) is 8.43. The van der Waals surface area contributed by atoms with Crippen LogP contribution in [0.3, 0.4) is 0 Å². The van der Waals surface area contributed by atoms with Gasteiger partial charge >= 0.3 is 0 Å². The molecule has 0 saturated heterocycles. The number of nitrogens with zero attached hydrogens (tertiary/aromatic N) is 5. The predicted octanol–water partition coefficient (Wildman–Crippen LogP) is 4.41. The smallest absolute Gasteiger partial charge is 0.165 e. The van der Waals surface area contributed by atoms with Gasteiger partial charge in [-0.1, -0.05) is 58.3 Å². The van der Waals surface area contributed by atoms with Crippen LogP contribution in [-0.4, -0.2) is 51.2 Å². The molecule has 2 N–H and O–H groups in total. The van der Waals surface area contributed by atoms with Crippen LogP contribution >= 0.6 is 0 Å². The molecule has 0 aliphatic heterocycles. The molecule has 27 heavy (non-hydrogen) atoms. The molecule has 0 amide bonds. The van der Waals surface area contributed by atoms with E-state index in [1.807, 2.05) is 6.33 Å². The molecule has 0 bridgehead atoms. The number of hydrogen-bond donors (Lipinski definition) is 1. The zero-order valence-corrected chi connectivity index (χ0v) is 17.7. The fourth-order valence-corrected chi connectivity index (χ4v) is 3.58. The first-order valence-corrected chi connectivity index (χ1v) is 10.8. The van der Waals surface area contributed by atoms with Crippen LogP contribution in [0, 0.1) is 0 Å². The normalized spacial score (nSPS) is 12.1. The van der Waals surface area contributed by atoms with E-state index in [2.05, 4.69) is 40.5 Å². The number of nitrogens with two attached hydrogens (primary N) is 1. The fourth-order valence-electron chi connectivity index (χ4n) is 3.58. The maximum absolute atomic E-state index is 5.87. The lowest BCUT2D eigenvalue weighted by Crippen LogP contribution is -2.42. The Morgan fingerprint density at radius 1 is 0.852 bits per heavy atom. The maximum atomic E-state index is 5.87. The van der Waals surface area contributed by atoms with Crippen molar-refractivity contribution in [3.05, 3.63) is 12.7 Å². The Morgan fingerprint density at radius 2 is 1.48 bits per heavy atom. The van der Waals surface area contributed by atoms with E-state index in [1.165, 1.54) is 77.1 Å². The number of quaternary nitrogens is 1. The van der Waals surface area contributed by atoms with Crippen molar-refractivity contribution in [2.45, 2.75) is 77.7 Å². The highest BCUT2D eigenvalue weighted by Crippen LogP contribution is 2.15. The van der Waals surface area contributed by atoms with Gasteiger partial charge in [-0.2, -0.15) is 0 Å². The van der Waals surface area contributed by atoms with Crippen LogP contribution in [0.5, 0.6) is 0 Å². The number of anilines is 1. The van der Waals surface area contributed by atoms with Crippen molar-refractivity contribution >= 4 is 17.0 Å². The first-order valence-electron chi connectivity index (χ1n) is 10.8. The number of fused-ring (bicyclic) bond motifs is 1.